The topological polar surface area (TPSA) is 62.1 Å². The molecule has 5 heteroatoms. The van der Waals surface area contributed by atoms with Gasteiger partial charge in [-0.2, -0.15) is 5.26 Å². The molecule has 0 saturated carbocycles. The van der Waals surface area contributed by atoms with Crippen molar-refractivity contribution in [3.05, 3.63) is 77.1 Å². The number of nitrogens with zero attached hydrogens (tertiary/aromatic N) is 1. The van der Waals surface area contributed by atoms with Gasteiger partial charge in [-0.05, 0) is 24.6 Å². The fourth-order valence-corrected chi connectivity index (χ4v) is 2.37. The predicted molar refractivity (Wildman–Crippen MR) is 93.5 cm³/mol. The largest absolute Gasteiger partial charge is 0.463 e. The monoisotopic (exact) mass is 338 g/mol. The molecular formula is C20H19FN2O2. The Morgan fingerprint density at radius 2 is 1.84 bits per heavy atom. The molecule has 25 heavy (non-hydrogen) atoms. The number of hydrogen-bond acceptors (Lipinski definition) is 4. The molecule has 0 unspecified atom stereocenters. The van der Waals surface area contributed by atoms with Gasteiger partial charge < -0.3 is 10.1 Å². The van der Waals surface area contributed by atoms with Crippen LogP contribution >= 0.6 is 0 Å². The second-order valence-corrected chi connectivity index (χ2v) is 5.23. The first-order valence-corrected chi connectivity index (χ1v) is 7.97. The Hall–Kier alpha value is -3.13. The highest BCUT2D eigenvalue weighted by atomic mass is 19.1. The van der Waals surface area contributed by atoms with Crippen molar-refractivity contribution in [1.82, 2.24) is 5.32 Å². The highest BCUT2D eigenvalue weighted by molar-refractivity contribution is 5.97. The molecule has 0 aliphatic heterocycles. The van der Waals surface area contributed by atoms with Crippen LogP contribution in [0, 0.1) is 17.1 Å². The van der Waals surface area contributed by atoms with Crippen LogP contribution in [0.25, 0.3) is 5.70 Å². The quantitative estimate of drug-likeness (QED) is 0.616. The molecule has 0 atom stereocenters. The molecule has 0 aliphatic carbocycles. The van der Waals surface area contributed by atoms with E-state index in [4.69, 9.17) is 10.00 Å². The molecule has 128 valence electrons. The molecule has 0 saturated heterocycles. The molecule has 0 spiro atoms. The third-order valence-corrected chi connectivity index (χ3v) is 3.53. The summed E-state index contributed by atoms with van der Waals surface area (Å²) in [7, 11) is 0. The zero-order chi connectivity index (χ0) is 18.1. The van der Waals surface area contributed by atoms with Crippen molar-refractivity contribution in [2.45, 2.75) is 19.9 Å². The van der Waals surface area contributed by atoms with Gasteiger partial charge in [0, 0.05) is 12.1 Å². The maximum absolute atomic E-state index is 14.3. The van der Waals surface area contributed by atoms with Crippen molar-refractivity contribution < 1.29 is 13.9 Å². The molecule has 0 bridgehead atoms. The molecule has 2 rings (SSSR count). The van der Waals surface area contributed by atoms with Gasteiger partial charge in [0.2, 0.25) is 0 Å². The Kier molecular flexibility index (Phi) is 6.73. The number of esters is 1. The van der Waals surface area contributed by atoms with Crippen LogP contribution in [0.1, 0.15) is 24.5 Å². The predicted octanol–water partition coefficient (Wildman–Crippen LogP) is 3.80. The van der Waals surface area contributed by atoms with E-state index in [1.807, 2.05) is 36.4 Å². The molecular weight excluding hydrogens is 319 g/mol. The van der Waals surface area contributed by atoms with Crippen LogP contribution in [0.5, 0.6) is 0 Å². The summed E-state index contributed by atoms with van der Waals surface area (Å²) in [5.74, 6) is -1.10. The second-order valence-electron chi connectivity index (χ2n) is 5.23. The van der Waals surface area contributed by atoms with E-state index in [9.17, 15) is 9.18 Å². The van der Waals surface area contributed by atoms with Crippen LogP contribution in [0.15, 0.2) is 60.2 Å². The zero-order valence-electron chi connectivity index (χ0n) is 14.0. The van der Waals surface area contributed by atoms with E-state index >= 15 is 0 Å². The minimum absolute atomic E-state index is 0.116. The van der Waals surface area contributed by atoms with Crippen molar-refractivity contribution in [3.8, 4) is 6.07 Å². The van der Waals surface area contributed by atoms with Crippen molar-refractivity contribution in [1.29, 1.82) is 5.26 Å². The van der Waals surface area contributed by atoms with E-state index in [1.165, 1.54) is 6.07 Å². The maximum Gasteiger partial charge on any atom is 0.337 e. The highest BCUT2D eigenvalue weighted by Crippen LogP contribution is 2.23. The van der Waals surface area contributed by atoms with Crippen molar-refractivity contribution in [2.75, 3.05) is 6.61 Å². The lowest BCUT2D eigenvalue weighted by Crippen LogP contribution is -2.19. The van der Waals surface area contributed by atoms with Gasteiger partial charge in [-0.15, -0.1) is 0 Å². The minimum Gasteiger partial charge on any atom is -0.463 e. The Morgan fingerprint density at radius 1 is 1.16 bits per heavy atom. The summed E-state index contributed by atoms with van der Waals surface area (Å²) in [6.45, 7) is 2.25. The van der Waals surface area contributed by atoms with Crippen LogP contribution in [-0.2, 0) is 16.1 Å². The molecule has 1 N–H and O–H groups in total. The third-order valence-electron chi connectivity index (χ3n) is 3.53. The number of nitrogens with one attached hydrogen (secondary N) is 1. The first-order valence-electron chi connectivity index (χ1n) is 7.97. The summed E-state index contributed by atoms with van der Waals surface area (Å²) in [5, 5.41) is 12.2. The number of ether oxygens (including phenoxy) is 1. The number of halogens is 1. The first kappa shape index (κ1) is 18.2. The average Bonchev–Trinajstić information content (AvgIpc) is 2.63. The van der Waals surface area contributed by atoms with Gasteiger partial charge in [0.1, 0.15) is 5.82 Å². The van der Waals surface area contributed by atoms with E-state index in [1.54, 1.807) is 25.1 Å². The number of carbonyl (C=O) groups excluding carboxylic acids is 1. The molecule has 2 aromatic rings. The van der Waals surface area contributed by atoms with Gasteiger partial charge in [-0.25, -0.2) is 9.18 Å². The summed E-state index contributed by atoms with van der Waals surface area (Å²) in [5.41, 5.74) is 1.60. The summed E-state index contributed by atoms with van der Waals surface area (Å²) in [4.78, 5) is 12.3. The van der Waals surface area contributed by atoms with E-state index in [0.717, 1.165) is 5.56 Å². The molecule has 4 nitrogen and oxygen atoms in total. The Balaban J connectivity index is 2.46. The van der Waals surface area contributed by atoms with Crippen molar-refractivity contribution >= 4 is 11.7 Å². The highest BCUT2D eigenvalue weighted by Gasteiger charge is 2.20. The van der Waals surface area contributed by atoms with Gasteiger partial charge in [0.15, 0.2) is 0 Å². The third kappa shape index (κ3) is 4.92. The SMILES string of the molecule is CCOC(=O)/C(CC#N)=C(\NCc1ccccc1)c1ccccc1F. The van der Waals surface area contributed by atoms with Gasteiger partial charge >= 0.3 is 5.97 Å². The van der Waals surface area contributed by atoms with Crippen LogP contribution in [-0.4, -0.2) is 12.6 Å². The van der Waals surface area contributed by atoms with Gasteiger partial charge in [0.05, 0.1) is 30.4 Å². The Labute approximate surface area is 146 Å². The average molecular weight is 338 g/mol. The van der Waals surface area contributed by atoms with Gasteiger partial charge in [-0.1, -0.05) is 42.5 Å². The van der Waals surface area contributed by atoms with E-state index in [2.05, 4.69) is 5.32 Å². The fraction of sp³-hybridized carbons (Fsp3) is 0.200. The number of carbonyl (C=O) groups is 1. The normalized spacial score (nSPS) is 11.2. The molecule has 0 fully saturated rings. The standard InChI is InChI=1S/C20H19FN2O2/c1-2-25-20(24)17(12-13-22)19(16-10-6-7-11-18(16)21)23-14-15-8-4-3-5-9-15/h3-11,23H,2,12,14H2,1H3/b19-17-. The lowest BCUT2D eigenvalue weighted by molar-refractivity contribution is -0.138. The minimum atomic E-state index is -0.622. The van der Waals surface area contributed by atoms with E-state index < -0.39 is 11.8 Å². The second kappa shape index (κ2) is 9.24. The Bertz CT molecular complexity index is 795. The maximum atomic E-state index is 14.3. The molecule has 0 amide bonds. The lowest BCUT2D eigenvalue weighted by Gasteiger charge is -2.16. The summed E-state index contributed by atoms with van der Waals surface area (Å²) in [6, 6.07) is 17.6. The number of rotatable bonds is 7. The fourth-order valence-electron chi connectivity index (χ4n) is 2.37. The number of nitriles is 1. The summed E-state index contributed by atoms with van der Waals surface area (Å²) < 4.78 is 19.3. The first-order chi connectivity index (χ1) is 12.2. The molecule has 0 aromatic heterocycles. The Morgan fingerprint density at radius 3 is 2.48 bits per heavy atom. The molecule has 2 aromatic carbocycles. The number of hydrogen-bond donors (Lipinski definition) is 1. The molecule has 0 heterocycles. The van der Waals surface area contributed by atoms with Crippen LogP contribution in [0.3, 0.4) is 0 Å². The summed E-state index contributed by atoms with van der Waals surface area (Å²) in [6.07, 6.45) is -0.176. The van der Waals surface area contributed by atoms with Gasteiger partial charge in [0.25, 0.3) is 0 Å². The van der Waals surface area contributed by atoms with Crippen molar-refractivity contribution in [2.24, 2.45) is 0 Å². The van der Waals surface area contributed by atoms with Crippen LogP contribution in [0.4, 0.5) is 4.39 Å². The smallest absolute Gasteiger partial charge is 0.337 e. The van der Waals surface area contributed by atoms with E-state index in [-0.39, 0.29) is 29.9 Å². The zero-order valence-corrected chi connectivity index (χ0v) is 14.0. The van der Waals surface area contributed by atoms with Crippen molar-refractivity contribution in [3.63, 3.8) is 0 Å². The lowest BCUT2D eigenvalue weighted by atomic mass is 10.0. The van der Waals surface area contributed by atoms with Crippen LogP contribution < -0.4 is 5.32 Å². The van der Waals surface area contributed by atoms with E-state index in [0.29, 0.717) is 6.54 Å². The van der Waals surface area contributed by atoms with Crippen LogP contribution in [0.2, 0.25) is 0 Å². The van der Waals surface area contributed by atoms with Gasteiger partial charge in [-0.3, -0.25) is 0 Å². The summed E-state index contributed by atoms with van der Waals surface area (Å²) >= 11 is 0. The molecule has 0 radical (unpaired) electrons. The number of benzene rings is 2. The molecule has 0 aliphatic rings.